The highest BCUT2D eigenvalue weighted by atomic mass is 35.5. The maximum Gasteiger partial charge on any atom is 0.328 e. The third-order valence-corrected chi connectivity index (χ3v) is 2.24. The third-order valence-electron chi connectivity index (χ3n) is 1.95. The molecule has 0 amide bonds. The van der Waals surface area contributed by atoms with Gasteiger partial charge in [-0.15, -0.1) is 0 Å². The van der Waals surface area contributed by atoms with Crippen LogP contribution in [0.5, 0.6) is 5.75 Å². The molecule has 92 valence electrons. The van der Waals surface area contributed by atoms with Gasteiger partial charge in [-0.25, -0.2) is 4.79 Å². The van der Waals surface area contributed by atoms with Crippen LogP contribution < -0.4 is 4.74 Å². The molecule has 0 fully saturated rings. The molecule has 0 aliphatic rings. The molecule has 3 nitrogen and oxygen atoms in total. The SMILES string of the molecule is CC(C)COc1ccc(C=CC(=O)O)cc1Cl. The van der Waals surface area contributed by atoms with Gasteiger partial charge in [-0.2, -0.15) is 0 Å². The Morgan fingerprint density at radius 3 is 2.76 bits per heavy atom. The summed E-state index contributed by atoms with van der Waals surface area (Å²) in [7, 11) is 0. The van der Waals surface area contributed by atoms with Gasteiger partial charge in [0.1, 0.15) is 5.75 Å². The summed E-state index contributed by atoms with van der Waals surface area (Å²) in [6.07, 6.45) is 2.56. The van der Waals surface area contributed by atoms with Gasteiger partial charge in [-0.05, 0) is 29.7 Å². The molecule has 0 saturated carbocycles. The van der Waals surface area contributed by atoms with E-state index in [9.17, 15) is 4.79 Å². The topological polar surface area (TPSA) is 46.5 Å². The van der Waals surface area contributed by atoms with Crippen LogP contribution in [0, 0.1) is 5.92 Å². The number of ether oxygens (including phenoxy) is 1. The summed E-state index contributed by atoms with van der Waals surface area (Å²) in [5.41, 5.74) is 0.731. The Morgan fingerprint density at radius 1 is 1.53 bits per heavy atom. The van der Waals surface area contributed by atoms with Gasteiger partial charge >= 0.3 is 5.97 Å². The van der Waals surface area contributed by atoms with Crippen LogP contribution in [0.15, 0.2) is 24.3 Å². The first-order valence-corrected chi connectivity index (χ1v) is 5.70. The van der Waals surface area contributed by atoms with Crippen LogP contribution in [0.3, 0.4) is 0 Å². The summed E-state index contributed by atoms with van der Waals surface area (Å²) in [5, 5.41) is 8.98. The lowest BCUT2D eigenvalue weighted by molar-refractivity contribution is -0.131. The molecule has 1 aromatic carbocycles. The number of hydrogen-bond acceptors (Lipinski definition) is 2. The molecule has 0 unspecified atom stereocenters. The summed E-state index contributed by atoms with van der Waals surface area (Å²) in [6.45, 7) is 4.71. The van der Waals surface area contributed by atoms with E-state index in [-0.39, 0.29) is 0 Å². The lowest BCUT2D eigenvalue weighted by Gasteiger charge is -2.10. The molecule has 1 rings (SSSR count). The van der Waals surface area contributed by atoms with Crippen molar-refractivity contribution in [1.29, 1.82) is 0 Å². The molecular weight excluding hydrogens is 240 g/mol. The Hall–Kier alpha value is -1.48. The molecule has 1 aromatic rings. The molecule has 0 aliphatic carbocycles. The van der Waals surface area contributed by atoms with Crippen LogP contribution in [0.1, 0.15) is 19.4 Å². The number of carboxylic acid groups (broad SMARTS) is 1. The van der Waals surface area contributed by atoms with Crippen molar-refractivity contribution in [3.8, 4) is 5.75 Å². The average molecular weight is 255 g/mol. The minimum Gasteiger partial charge on any atom is -0.492 e. The molecule has 0 radical (unpaired) electrons. The first-order chi connectivity index (χ1) is 7.99. The second kappa shape index (κ2) is 6.30. The highest BCUT2D eigenvalue weighted by Gasteiger charge is 2.03. The fraction of sp³-hybridized carbons (Fsp3) is 0.308. The van der Waals surface area contributed by atoms with E-state index < -0.39 is 5.97 Å². The molecule has 0 atom stereocenters. The van der Waals surface area contributed by atoms with Crippen molar-refractivity contribution >= 4 is 23.6 Å². The Bertz CT molecular complexity index is 425. The van der Waals surface area contributed by atoms with E-state index in [2.05, 4.69) is 13.8 Å². The van der Waals surface area contributed by atoms with Gasteiger partial charge in [0.15, 0.2) is 0 Å². The smallest absolute Gasteiger partial charge is 0.328 e. The standard InChI is InChI=1S/C13H15ClO3/c1-9(2)8-17-12-5-3-10(7-11(12)14)4-6-13(15)16/h3-7,9H,8H2,1-2H3,(H,15,16). The quantitative estimate of drug-likeness (QED) is 0.819. The molecule has 4 heteroatoms. The number of hydrogen-bond donors (Lipinski definition) is 1. The molecule has 0 aromatic heterocycles. The highest BCUT2D eigenvalue weighted by Crippen LogP contribution is 2.26. The van der Waals surface area contributed by atoms with Gasteiger partial charge in [0.25, 0.3) is 0 Å². The molecule has 0 spiro atoms. The Balaban J connectivity index is 2.75. The zero-order valence-corrected chi connectivity index (χ0v) is 10.6. The number of benzene rings is 1. The molecule has 0 heterocycles. The van der Waals surface area contributed by atoms with Gasteiger partial charge in [-0.1, -0.05) is 31.5 Å². The van der Waals surface area contributed by atoms with E-state index in [4.69, 9.17) is 21.4 Å². The van der Waals surface area contributed by atoms with Crippen molar-refractivity contribution in [1.82, 2.24) is 0 Å². The van der Waals surface area contributed by atoms with E-state index in [1.807, 2.05) is 0 Å². The van der Waals surface area contributed by atoms with Crippen LogP contribution in [0.4, 0.5) is 0 Å². The molecular formula is C13H15ClO3. The Labute approximate surface area is 106 Å². The van der Waals surface area contributed by atoms with Gasteiger partial charge in [-0.3, -0.25) is 0 Å². The third kappa shape index (κ3) is 4.91. The molecule has 0 aliphatic heterocycles. The van der Waals surface area contributed by atoms with Gasteiger partial charge < -0.3 is 9.84 Å². The van der Waals surface area contributed by atoms with Crippen molar-refractivity contribution in [2.45, 2.75) is 13.8 Å². The molecule has 0 saturated heterocycles. The predicted molar refractivity (Wildman–Crippen MR) is 68.5 cm³/mol. The highest BCUT2D eigenvalue weighted by molar-refractivity contribution is 6.32. The van der Waals surface area contributed by atoms with Gasteiger partial charge in [0, 0.05) is 6.08 Å². The van der Waals surface area contributed by atoms with Crippen molar-refractivity contribution in [3.63, 3.8) is 0 Å². The van der Waals surface area contributed by atoms with Crippen molar-refractivity contribution in [2.24, 2.45) is 5.92 Å². The van der Waals surface area contributed by atoms with Crippen LogP contribution in [0.2, 0.25) is 5.02 Å². The molecule has 1 N–H and O–H groups in total. The van der Waals surface area contributed by atoms with Crippen molar-refractivity contribution in [3.05, 3.63) is 34.9 Å². The molecule has 17 heavy (non-hydrogen) atoms. The van der Waals surface area contributed by atoms with Crippen molar-refractivity contribution < 1.29 is 14.6 Å². The van der Waals surface area contributed by atoms with E-state index in [1.54, 1.807) is 18.2 Å². The fourth-order valence-electron chi connectivity index (χ4n) is 1.16. The largest absolute Gasteiger partial charge is 0.492 e. The lowest BCUT2D eigenvalue weighted by atomic mass is 10.2. The number of rotatable bonds is 5. The zero-order chi connectivity index (χ0) is 12.8. The first kappa shape index (κ1) is 13.6. The number of carboxylic acids is 1. The van der Waals surface area contributed by atoms with Gasteiger partial charge in [0.2, 0.25) is 0 Å². The summed E-state index contributed by atoms with van der Waals surface area (Å²) in [5.74, 6) is 0.0618. The molecule has 0 bridgehead atoms. The van der Waals surface area contributed by atoms with Crippen LogP contribution in [-0.2, 0) is 4.79 Å². The van der Waals surface area contributed by atoms with Crippen LogP contribution in [0.25, 0.3) is 6.08 Å². The van der Waals surface area contributed by atoms with E-state index in [0.717, 1.165) is 11.6 Å². The first-order valence-electron chi connectivity index (χ1n) is 5.32. The van der Waals surface area contributed by atoms with Crippen LogP contribution >= 0.6 is 11.6 Å². The minimum absolute atomic E-state index is 0.428. The average Bonchev–Trinajstić information content (AvgIpc) is 2.24. The van der Waals surface area contributed by atoms with Gasteiger partial charge in [0.05, 0.1) is 11.6 Å². The van der Waals surface area contributed by atoms with E-state index in [1.165, 1.54) is 6.08 Å². The van der Waals surface area contributed by atoms with E-state index in [0.29, 0.717) is 23.3 Å². The predicted octanol–water partition coefficient (Wildman–Crippen LogP) is 3.47. The summed E-state index contributed by atoms with van der Waals surface area (Å²) in [6, 6.07) is 5.18. The summed E-state index contributed by atoms with van der Waals surface area (Å²) < 4.78 is 5.51. The fourth-order valence-corrected chi connectivity index (χ4v) is 1.41. The lowest BCUT2D eigenvalue weighted by Crippen LogP contribution is -2.04. The number of halogens is 1. The number of carbonyl (C=O) groups is 1. The van der Waals surface area contributed by atoms with Crippen molar-refractivity contribution in [2.75, 3.05) is 6.61 Å². The monoisotopic (exact) mass is 254 g/mol. The van der Waals surface area contributed by atoms with E-state index >= 15 is 0 Å². The summed E-state index contributed by atoms with van der Waals surface area (Å²) >= 11 is 6.02. The Morgan fingerprint density at radius 2 is 2.24 bits per heavy atom. The summed E-state index contributed by atoms with van der Waals surface area (Å²) in [4.78, 5) is 10.4. The Kier molecular flexibility index (Phi) is 5.04. The van der Waals surface area contributed by atoms with Crippen LogP contribution in [-0.4, -0.2) is 17.7 Å². The second-order valence-corrected chi connectivity index (χ2v) is 4.47. The minimum atomic E-state index is -0.985. The maximum atomic E-state index is 10.4. The zero-order valence-electron chi connectivity index (χ0n) is 9.81. The number of aliphatic carboxylic acids is 1. The maximum absolute atomic E-state index is 10.4. The second-order valence-electron chi connectivity index (χ2n) is 4.07. The normalized spacial score (nSPS) is 11.1.